The molecule has 0 spiro atoms. The molecule has 1 amide bonds. The van der Waals surface area contributed by atoms with Gasteiger partial charge in [-0.05, 0) is 48.4 Å². The highest BCUT2D eigenvalue weighted by Gasteiger charge is 2.31. The number of amides is 1. The number of nitrogens with zero attached hydrogens (tertiary/aromatic N) is 2. The summed E-state index contributed by atoms with van der Waals surface area (Å²) in [6.45, 7) is 3.88. The molecule has 0 unspecified atom stereocenters. The molecule has 0 aromatic heterocycles. The minimum absolute atomic E-state index is 0.00962. The predicted octanol–water partition coefficient (Wildman–Crippen LogP) is 3.07. The summed E-state index contributed by atoms with van der Waals surface area (Å²) in [7, 11) is 3.67. The zero-order valence-corrected chi connectivity index (χ0v) is 22.8. The number of hydrogen-bond donors (Lipinski definition) is 4. The van der Waals surface area contributed by atoms with E-state index >= 15 is 0 Å². The number of fused-ring (bicyclic) bond motifs is 1. The van der Waals surface area contributed by atoms with E-state index in [0.717, 1.165) is 33.4 Å². The molecular formula is C29H33N6O3P. The third-order valence-electron chi connectivity index (χ3n) is 6.11. The van der Waals surface area contributed by atoms with Gasteiger partial charge in [0.25, 0.3) is 5.91 Å². The Morgan fingerprint density at radius 2 is 1.77 bits per heavy atom. The number of nitrogens with two attached hydrogens (primary N) is 3. The van der Waals surface area contributed by atoms with Gasteiger partial charge in [0.05, 0.1) is 30.9 Å². The van der Waals surface area contributed by atoms with E-state index < -0.39 is 0 Å². The summed E-state index contributed by atoms with van der Waals surface area (Å²) in [5.41, 5.74) is 21.7. The molecule has 0 bridgehead atoms. The molecule has 1 aliphatic rings. The number of carbonyl (C=O) groups is 1. The highest BCUT2D eigenvalue weighted by atomic mass is 31.0. The van der Waals surface area contributed by atoms with E-state index in [9.17, 15) is 4.79 Å². The highest BCUT2D eigenvalue weighted by molar-refractivity contribution is 7.22. The van der Waals surface area contributed by atoms with E-state index in [2.05, 4.69) is 19.2 Å². The van der Waals surface area contributed by atoms with E-state index in [0.29, 0.717) is 43.4 Å². The summed E-state index contributed by atoms with van der Waals surface area (Å²) in [5.74, 6) is 1.94. The number of allylic oxidation sites excluding steroid dienone is 1. The molecule has 3 aromatic carbocycles. The summed E-state index contributed by atoms with van der Waals surface area (Å²) >= 11 is 0. The van der Waals surface area contributed by atoms with Crippen LogP contribution in [0.5, 0.6) is 11.5 Å². The second-order valence-corrected chi connectivity index (χ2v) is 9.29. The van der Waals surface area contributed by atoms with Gasteiger partial charge in [-0.25, -0.2) is 0 Å². The molecule has 0 atom stereocenters. The van der Waals surface area contributed by atoms with Crippen LogP contribution in [0.4, 0.5) is 0 Å². The van der Waals surface area contributed by atoms with Crippen LogP contribution in [0.1, 0.15) is 28.4 Å². The standard InChI is InChI=1S/C29H33N6O3P/c1-2-26(30)33-12-14-37-21-7-5-6-20(17-21)22-11-10-19(16-25(22)38-15-13-34-29(31)32)18-35-27(36)23-8-3-4-9-24(23)28(35)39/h2-11,16-17,33,39H,12-15,18,30H2,1H3,(H4,31,32,34)/b26-2+. The van der Waals surface area contributed by atoms with E-state index in [-0.39, 0.29) is 18.5 Å². The van der Waals surface area contributed by atoms with Crippen molar-refractivity contribution in [2.45, 2.75) is 13.5 Å². The number of ether oxygens (including phenoxy) is 2. The highest BCUT2D eigenvalue weighted by Crippen LogP contribution is 2.34. The zero-order chi connectivity index (χ0) is 27.8. The summed E-state index contributed by atoms with van der Waals surface area (Å²) in [5, 5.41) is 3.07. The fraction of sp³-hybridized carbons (Fsp3) is 0.207. The normalized spacial score (nSPS) is 12.7. The lowest BCUT2D eigenvalue weighted by Gasteiger charge is -2.19. The molecular weight excluding hydrogens is 511 g/mol. The topological polar surface area (TPSA) is 141 Å². The van der Waals surface area contributed by atoms with Gasteiger partial charge in [0, 0.05) is 16.7 Å². The minimum Gasteiger partial charge on any atom is -0.492 e. The molecule has 0 saturated carbocycles. The summed E-state index contributed by atoms with van der Waals surface area (Å²) in [6.07, 6.45) is 1.80. The number of rotatable bonds is 12. The van der Waals surface area contributed by atoms with Gasteiger partial charge >= 0.3 is 0 Å². The van der Waals surface area contributed by atoms with Crippen LogP contribution in [0, 0.1) is 0 Å². The number of guanidine groups is 1. The second kappa shape index (κ2) is 12.8. The van der Waals surface area contributed by atoms with Crippen molar-refractivity contribution in [3.05, 3.63) is 95.3 Å². The van der Waals surface area contributed by atoms with E-state index in [4.69, 9.17) is 26.7 Å². The smallest absolute Gasteiger partial charge is 0.259 e. The van der Waals surface area contributed by atoms with E-state index in [1.807, 2.05) is 73.7 Å². The van der Waals surface area contributed by atoms with Crippen LogP contribution in [0.15, 0.2) is 83.6 Å². The average molecular weight is 545 g/mol. The molecule has 1 heterocycles. The summed E-state index contributed by atoms with van der Waals surface area (Å²) in [6, 6.07) is 21.2. The third kappa shape index (κ3) is 6.89. The Morgan fingerprint density at radius 3 is 2.51 bits per heavy atom. The molecule has 10 heteroatoms. The third-order valence-corrected chi connectivity index (χ3v) is 6.65. The number of hydrogen-bond acceptors (Lipinski definition) is 6. The van der Waals surface area contributed by atoms with Gasteiger partial charge in [-0.15, -0.1) is 0 Å². The fourth-order valence-corrected chi connectivity index (χ4v) is 4.57. The van der Waals surface area contributed by atoms with Gasteiger partial charge < -0.3 is 32.0 Å². The van der Waals surface area contributed by atoms with Crippen LogP contribution in [-0.4, -0.2) is 48.5 Å². The Hall–Kier alpha value is -4.49. The van der Waals surface area contributed by atoms with Crippen molar-refractivity contribution in [1.82, 2.24) is 10.2 Å². The first-order chi connectivity index (χ1) is 18.9. The van der Waals surface area contributed by atoms with Crippen LogP contribution in [0.2, 0.25) is 0 Å². The molecule has 9 nitrogen and oxygen atoms in total. The van der Waals surface area contributed by atoms with Crippen molar-refractivity contribution in [3.8, 4) is 22.6 Å². The van der Waals surface area contributed by atoms with Gasteiger partial charge in [0.15, 0.2) is 5.96 Å². The predicted molar refractivity (Wildman–Crippen MR) is 158 cm³/mol. The van der Waals surface area contributed by atoms with Crippen molar-refractivity contribution >= 4 is 26.1 Å². The molecule has 1 aliphatic heterocycles. The first kappa shape index (κ1) is 27.5. The Bertz CT molecular complexity index is 1380. The molecule has 0 radical (unpaired) electrons. The SMILES string of the molecule is C/C=C(\N)NCCOc1cccc(-c2ccc(CN3C(=O)c4ccccc4C3=P)cc2OCCN=C(N)N)c1. The maximum atomic E-state index is 13.0. The lowest BCUT2D eigenvalue weighted by atomic mass is 10.0. The fourth-order valence-electron chi connectivity index (χ4n) is 4.17. The molecule has 3 aromatic rings. The summed E-state index contributed by atoms with van der Waals surface area (Å²) < 4.78 is 12.0. The largest absolute Gasteiger partial charge is 0.492 e. The molecule has 4 rings (SSSR count). The number of nitrogens with one attached hydrogen (secondary N) is 1. The van der Waals surface area contributed by atoms with E-state index in [1.165, 1.54) is 0 Å². The molecule has 0 aliphatic carbocycles. The summed E-state index contributed by atoms with van der Waals surface area (Å²) in [4.78, 5) is 18.8. The van der Waals surface area contributed by atoms with Crippen molar-refractivity contribution in [1.29, 1.82) is 0 Å². The number of carbonyl (C=O) groups excluding carboxylic acids is 1. The van der Waals surface area contributed by atoms with Crippen LogP contribution < -0.4 is 32.0 Å². The molecule has 0 fully saturated rings. The molecule has 202 valence electrons. The molecule has 0 saturated heterocycles. The Morgan fingerprint density at radius 1 is 0.974 bits per heavy atom. The second-order valence-electron chi connectivity index (χ2n) is 8.82. The maximum Gasteiger partial charge on any atom is 0.259 e. The van der Waals surface area contributed by atoms with Crippen molar-refractivity contribution in [2.75, 3.05) is 26.3 Å². The first-order valence-electron chi connectivity index (χ1n) is 12.6. The van der Waals surface area contributed by atoms with Gasteiger partial charge in [0.2, 0.25) is 0 Å². The van der Waals surface area contributed by atoms with Gasteiger partial charge in [-0.3, -0.25) is 14.7 Å². The number of benzene rings is 3. The average Bonchev–Trinajstić information content (AvgIpc) is 3.18. The minimum atomic E-state index is -0.0505. The lowest BCUT2D eigenvalue weighted by Crippen LogP contribution is -2.28. The van der Waals surface area contributed by atoms with Crippen molar-refractivity contribution in [3.63, 3.8) is 0 Å². The van der Waals surface area contributed by atoms with Crippen LogP contribution in [-0.2, 0) is 6.54 Å². The van der Waals surface area contributed by atoms with Crippen LogP contribution in [0.3, 0.4) is 0 Å². The van der Waals surface area contributed by atoms with Crippen LogP contribution in [0.25, 0.3) is 11.1 Å². The van der Waals surface area contributed by atoms with Crippen molar-refractivity contribution < 1.29 is 14.3 Å². The lowest BCUT2D eigenvalue weighted by molar-refractivity contribution is 0.0855. The Balaban J connectivity index is 1.55. The number of aliphatic imine (C=N–C) groups is 1. The van der Waals surface area contributed by atoms with Gasteiger partial charge in [-0.2, -0.15) is 0 Å². The van der Waals surface area contributed by atoms with E-state index in [1.54, 1.807) is 11.0 Å². The maximum absolute atomic E-state index is 13.0. The van der Waals surface area contributed by atoms with Gasteiger partial charge in [0.1, 0.15) is 24.7 Å². The Kier molecular flexibility index (Phi) is 9.07. The first-order valence-corrected chi connectivity index (χ1v) is 13.1. The van der Waals surface area contributed by atoms with Gasteiger partial charge in [-0.1, -0.05) is 51.3 Å². The molecule has 7 N–H and O–H groups in total. The Labute approximate surface area is 230 Å². The monoisotopic (exact) mass is 544 g/mol. The zero-order valence-electron chi connectivity index (χ0n) is 21.8. The molecule has 39 heavy (non-hydrogen) atoms. The quantitative estimate of drug-likeness (QED) is 0.119. The van der Waals surface area contributed by atoms with Crippen molar-refractivity contribution in [2.24, 2.45) is 22.2 Å². The van der Waals surface area contributed by atoms with Crippen LogP contribution >= 0.6 is 8.86 Å².